The second-order valence-corrected chi connectivity index (χ2v) is 6.58. The zero-order valence-electron chi connectivity index (χ0n) is 14.3. The standard InChI is InChI=1S/C21H21N3O/c1-15-7-5-8-16(13-15)21(25)23-19-11-6-12-20-18(19)14-22-24(20)17-9-3-2-4-10-17/h2-5,7-10,13-14,19H,6,11-12H2,1H3,(H,23,25)/t19-/m1/s1. The smallest absolute Gasteiger partial charge is 0.251 e. The Bertz CT molecular complexity index is 899. The summed E-state index contributed by atoms with van der Waals surface area (Å²) in [6.07, 6.45) is 4.89. The van der Waals surface area contributed by atoms with E-state index in [2.05, 4.69) is 22.5 Å². The van der Waals surface area contributed by atoms with Gasteiger partial charge in [-0.25, -0.2) is 4.68 Å². The van der Waals surface area contributed by atoms with Crippen LogP contribution in [0.1, 0.15) is 46.1 Å². The molecule has 4 rings (SSSR count). The van der Waals surface area contributed by atoms with Crippen LogP contribution in [0, 0.1) is 6.92 Å². The fourth-order valence-corrected chi connectivity index (χ4v) is 3.53. The van der Waals surface area contributed by atoms with Crippen LogP contribution in [0.15, 0.2) is 60.8 Å². The molecule has 1 aromatic heterocycles. The third-order valence-corrected chi connectivity index (χ3v) is 4.77. The van der Waals surface area contributed by atoms with Gasteiger partial charge in [0.1, 0.15) is 0 Å². The number of fused-ring (bicyclic) bond motifs is 1. The second-order valence-electron chi connectivity index (χ2n) is 6.58. The molecule has 0 radical (unpaired) electrons. The molecule has 1 aliphatic carbocycles. The molecule has 3 aromatic rings. The van der Waals surface area contributed by atoms with Crippen molar-refractivity contribution in [1.82, 2.24) is 15.1 Å². The summed E-state index contributed by atoms with van der Waals surface area (Å²) in [5.41, 5.74) is 5.20. The number of para-hydroxylation sites is 1. The van der Waals surface area contributed by atoms with Crippen molar-refractivity contribution >= 4 is 5.91 Å². The molecule has 1 heterocycles. The molecule has 25 heavy (non-hydrogen) atoms. The molecule has 0 unspecified atom stereocenters. The van der Waals surface area contributed by atoms with Crippen LogP contribution < -0.4 is 5.32 Å². The first kappa shape index (κ1) is 15.6. The van der Waals surface area contributed by atoms with Crippen molar-refractivity contribution in [2.45, 2.75) is 32.2 Å². The van der Waals surface area contributed by atoms with Gasteiger partial charge >= 0.3 is 0 Å². The van der Waals surface area contributed by atoms with Crippen LogP contribution in [-0.4, -0.2) is 15.7 Å². The fourth-order valence-electron chi connectivity index (χ4n) is 3.53. The highest BCUT2D eigenvalue weighted by atomic mass is 16.1. The quantitative estimate of drug-likeness (QED) is 0.789. The summed E-state index contributed by atoms with van der Waals surface area (Å²) >= 11 is 0. The van der Waals surface area contributed by atoms with E-state index in [0.29, 0.717) is 5.56 Å². The molecular weight excluding hydrogens is 310 g/mol. The Morgan fingerprint density at radius 1 is 1.16 bits per heavy atom. The molecule has 2 aromatic carbocycles. The number of amides is 1. The number of carbonyl (C=O) groups excluding carboxylic acids is 1. The van der Waals surface area contributed by atoms with E-state index >= 15 is 0 Å². The fraction of sp³-hybridized carbons (Fsp3) is 0.238. The highest BCUT2D eigenvalue weighted by molar-refractivity contribution is 5.94. The molecule has 0 spiro atoms. The van der Waals surface area contributed by atoms with Crippen molar-refractivity contribution < 1.29 is 4.79 Å². The Balaban J connectivity index is 1.60. The number of nitrogens with zero attached hydrogens (tertiary/aromatic N) is 2. The van der Waals surface area contributed by atoms with Crippen LogP contribution in [0.2, 0.25) is 0 Å². The summed E-state index contributed by atoms with van der Waals surface area (Å²) < 4.78 is 2.00. The van der Waals surface area contributed by atoms with Crippen LogP contribution in [0.5, 0.6) is 0 Å². The van der Waals surface area contributed by atoms with Crippen molar-refractivity contribution in [3.63, 3.8) is 0 Å². The minimum Gasteiger partial charge on any atom is -0.345 e. The third-order valence-electron chi connectivity index (χ3n) is 4.77. The predicted octanol–water partition coefficient (Wildman–Crippen LogP) is 3.99. The van der Waals surface area contributed by atoms with Gasteiger partial charge in [0.2, 0.25) is 0 Å². The van der Waals surface area contributed by atoms with Crippen molar-refractivity contribution in [2.24, 2.45) is 0 Å². The van der Waals surface area contributed by atoms with Gasteiger partial charge in [-0.05, 0) is 50.5 Å². The molecule has 0 fully saturated rings. The van der Waals surface area contributed by atoms with E-state index in [0.717, 1.165) is 36.1 Å². The van der Waals surface area contributed by atoms with Gasteiger partial charge in [0.15, 0.2) is 0 Å². The molecule has 1 amide bonds. The van der Waals surface area contributed by atoms with Crippen molar-refractivity contribution in [2.75, 3.05) is 0 Å². The highest BCUT2D eigenvalue weighted by Gasteiger charge is 2.26. The van der Waals surface area contributed by atoms with Gasteiger partial charge in [-0.15, -0.1) is 0 Å². The largest absolute Gasteiger partial charge is 0.345 e. The molecule has 1 N–H and O–H groups in total. The van der Waals surface area contributed by atoms with Gasteiger partial charge in [0, 0.05) is 16.8 Å². The highest BCUT2D eigenvalue weighted by Crippen LogP contribution is 2.31. The van der Waals surface area contributed by atoms with E-state index in [9.17, 15) is 4.79 Å². The first-order valence-corrected chi connectivity index (χ1v) is 8.72. The maximum absolute atomic E-state index is 12.6. The maximum Gasteiger partial charge on any atom is 0.251 e. The maximum atomic E-state index is 12.6. The Labute approximate surface area is 147 Å². The molecule has 4 nitrogen and oxygen atoms in total. The van der Waals surface area contributed by atoms with Crippen LogP contribution in [0.3, 0.4) is 0 Å². The Morgan fingerprint density at radius 2 is 2.00 bits per heavy atom. The van der Waals surface area contributed by atoms with Crippen LogP contribution in [0.4, 0.5) is 0 Å². The predicted molar refractivity (Wildman–Crippen MR) is 97.9 cm³/mol. The van der Waals surface area contributed by atoms with E-state index in [4.69, 9.17) is 0 Å². The Morgan fingerprint density at radius 3 is 2.80 bits per heavy atom. The number of benzene rings is 2. The summed E-state index contributed by atoms with van der Waals surface area (Å²) in [6.45, 7) is 2.00. The average molecular weight is 331 g/mol. The summed E-state index contributed by atoms with van der Waals surface area (Å²) in [5, 5.41) is 7.77. The van der Waals surface area contributed by atoms with Gasteiger partial charge in [-0.3, -0.25) is 4.79 Å². The van der Waals surface area contributed by atoms with E-state index in [1.807, 2.05) is 60.3 Å². The van der Waals surface area contributed by atoms with Crippen molar-refractivity contribution in [3.05, 3.63) is 83.2 Å². The monoisotopic (exact) mass is 331 g/mol. The molecule has 0 saturated heterocycles. The number of hydrogen-bond acceptors (Lipinski definition) is 2. The lowest BCUT2D eigenvalue weighted by Crippen LogP contribution is -2.31. The number of carbonyl (C=O) groups is 1. The third kappa shape index (κ3) is 3.07. The van der Waals surface area contributed by atoms with E-state index in [-0.39, 0.29) is 11.9 Å². The molecule has 126 valence electrons. The van der Waals surface area contributed by atoms with E-state index in [1.165, 1.54) is 5.69 Å². The van der Waals surface area contributed by atoms with E-state index in [1.54, 1.807) is 0 Å². The molecule has 0 aliphatic heterocycles. The molecule has 1 aliphatic rings. The van der Waals surface area contributed by atoms with Gasteiger partial charge in [-0.2, -0.15) is 5.10 Å². The minimum atomic E-state index is -0.0194. The van der Waals surface area contributed by atoms with Crippen LogP contribution in [-0.2, 0) is 6.42 Å². The topological polar surface area (TPSA) is 46.9 Å². The summed E-state index contributed by atoms with van der Waals surface area (Å²) in [4.78, 5) is 12.6. The summed E-state index contributed by atoms with van der Waals surface area (Å²) in [6, 6.07) is 17.9. The Kier molecular flexibility index (Phi) is 4.10. The number of aryl methyl sites for hydroxylation is 1. The average Bonchev–Trinajstić information content (AvgIpc) is 3.07. The number of rotatable bonds is 3. The first-order chi connectivity index (χ1) is 12.2. The second kappa shape index (κ2) is 6.55. The van der Waals surface area contributed by atoms with Gasteiger partial charge < -0.3 is 5.32 Å². The molecule has 4 heteroatoms. The molecule has 0 saturated carbocycles. The zero-order valence-corrected chi connectivity index (χ0v) is 14.3. The van der Waals surface area contributed by atoms with Gasteiger partial charge in [0.05, 0.1) is 17.9 Å². The number of nitrogens with one attached hydrogen (secondary N) is 1. The lowest BCUT2D eigenvalue weighted by Gasteiger charge is -2.24. The van der Waals surface area contributed by atoms with Crippen LogP contribution in [0.25, 0.3) is 5.69 Å². The van der Waals surface area contributed by atoms with E-state index < -0.39 is 0 Å². The lowest BCUT2D eigenvalue weighted by molar-refractivity contribution is 0.0932. The van der Waals surface area contributed by atoms with Crippen LogP contribution >= 0.6 is 0 Å². The van der Waals surface area contributed by atoms with Crippen molar-refractivity contribution in [3.8, 4) is 5.69 Å². The van der Waals surface area contributed by atoms with Gasteiger partial charge in [0.25, 0.3) is 5.91 Å². The minimum absolute atomic E-state index is 0.0194. The first-order valence-electron chi connectivity index (χ1n) is 8.72. The summed E-state index contributed by atoms with van der Waals surface area (Å²) in [7, 11) is 0. The zero-order chi connectivity index (χ0) is 17.2. The molecular formula is C21H21N3O. The number of aromatic nitrogens is 2. The lowest BCUT2D eigenvalue weighted by atomic mass is 9.92. The van der Waals surface area contributed by atoms with Gasteiger partial charge in [-0.1, -0.05) is 35.9 Å². The van der Waals surface area contributed by atoms with Crippen molar-refractivity contribution in [1.29, 1.82) is 0 Å². The summed E-state index contributed by atoms with van der Waals surface area (Å²) in [5.74, 6) is -0.0194. The molecule has 0 bridgehead atoms. The number of hydrogen-bond donors (Lipinski definition) is 1. The Hall–Kier alpha value is -2.88. The molecule has 1 atom stereocenters. The SMILES string of the molecule is Cc1cccc(C(=O)N[C@@H]2CCCc3c2cnn3-c2ccccc2)c1. The normalized spacial score (nSPS) is 16.3.